The molecule has 4 saturated carbocycles. The first-order valence-electron chi connectivity index (χ1n) is 9.48. The summed E-state index contributed by atoms with van der Waals surface area (Å²) >= 11 is 0. The fraction of sp³-hybridized carbons (Fsp3) is 1.00. The molecule has 7 atom stereocenters. The molecular formula is C20H34O. The van der Waals surface area contributed by atoms with Gasteiger partial charge in [-0.05, 0) is 91.3 Å². The fourth-order valence-electron chi connectivity index (χ4n) is 8.01. The fourth-order valence-corrected chi connectivity index (χ4v) is 8.01. The second-order valence-corrected chi connectivity index (χ2v) is 10.1. The SMILES string of the molecule is C[C@H]1C[C@@]23CC[C@@H]4C(C)(C)[C@H](O)CC[C@@]4(C)[C@@H]2CC[C@@H]1C3. The summed E-state index contributed by atoms with van der Waals surface area (Å²) in [6, 6.07) is 0. The third kappa shape index (κ3) is 1.73. The van der Waals surface area contributed by atoms with Crippen molar-refractivity contribution in [2.75, 3.05) is 0 Å². The molecule has 4 rings (SSSR count). The van der Waals surface area contributed by atoms with Crippen LogP contribution in [0.4, 0.5) is 0 Å². The molecule has 0 aromatic rings. The van der Waals surface area contributed by atoms with Crippen molar-refractivity contribution in [3.63, 3.8) is 0 Å². The van der Waals surface area contributed by atoms with E-state index >= 15 is 0 Å². The maximum Gasteiger partial charge on any atom is 0.0594 e. The highest BCUT2D eigenvalue weighted by atomic mass is 16.3. The normalized spacial score (nSPS) is 58.4. The molecule has 0 aliphatic heterocycles. The monoisotopic (exact) mass is 290 g/mol. The molecule has 4 aliphatic rings. The topological polar surface area (TPSA) is 20.2 Å². The van der Waals surface area contributed by atoms with Gasteiger partial charge in [0.1, 0.15) is 0 Å². The first-order chi connectivity index (χ1) is 9.80. The van der Waals surface area contributed by atoms with Gasteiger partial charge in [-0.25, -0.2) is 0 Å². The van der Waals surface area contributed by atoms with E-state index in [0.29, 0.717) is 10.8 Å². The molecule has 0 amide bonds. The van der Waals surface area contributed by atoms with Crippen LogP contribution in [0.25, 0.3) is 0 Å². The molecule has 0 heterocycles. The van der Waals surface area contributed by atoms with Gasteiger partial charge in [0.05, 0.1) is 6.10 Å². The van der Waals surface area contributed by atoms with E-state index in [4.69, 9.17) is 0 Å². The number of fused-ring (bicyclic) bond motifs is 3. The van der Waals surface area contributed by atoms with Crippen molar-refractivity contribution in [3.8, 4) is 0 Å². The predicted octanol–water partition coefficient (Wildman–Crippen LogP) is 5.03. The van der Waals surface area contributed by atoms with E-state index in [9.17, 15) is 5.11 Å². The van der Waals surface area contributed by atoms with Crippen molar-refractivity contribution in [2.24, 2.45) is 39.9 Å². The molecule has 2 bridgehead atoms. The van der Waals surface area contributed by atoms with Gasteiger partial charge in [-0.2, -0.15) is 0 Å². The number of aliphatic hydroxyl groups is 1. The van der Waals surface area contributed by atoms with E-state index in [1.807, 2.05) is 0 Å². The lowest BCUT2D eigenvalue weighted by atomic mass is 9.41. The summed E-state index contributed by atoms with van der Waals surface area (Å²) in [5.41, 5.74) is 1.30. The van der Waals surface area contributed by atoms with Crippen LogP contribution < -0.4 is 0 Å². The molecule has 120 valence electrons. The molecule has 21 heavy (non-hydrogen) atoms. The highest BCUT2D eigenvalue weighted by molar-refractivity contribution is 5.13. The molecule has 0 aromatic heterocycles. The molecule has 1 spiro atoms. The molecule has 1 N–H and O–H groups in total. The van der Waals surface area contributed by atoms with E-state index in [-0.39, 0.29) is 11.5 Å². The minimum atomic E-state index is -0.0801. The minimum absolute atomic E-state index is 0.0801. The van der Waals surface area contributed by atoms with Crippen molar-refractivity contribution < 1.29 is 5.11 Å². The van der Waals surface area contributed by atoms with Gasteiger partial charge in [0.15, 0.2) is 0 Å². The van der Waals surface area contributed by atoms with Crippen LogP contribution >= 0.6 is 0 Å². The van der Waals surface area contributed by atoms with Crippen LogP contribution in [-0.2, 0) is 0 Å². The lowest BCUT2D eigenvalue weighted by Gasteiger charge is -2.64. The van der Waals surface area contributed by atoms with Crippen LogP contribution in [0, 0.1) is 39.9 Å². The van der Waals surface area contributed by atoms with Crippen LogP contribution in [0.2, 0.25) is 0 Å². The molecule has 4 aliphatic carbocycles. The van der Waals surface area contributed by atoms with E-state index < -0.39 is 0 Å². The Morgan fingerprint density at radius 3 is 2.38 bits per heavy atom. The molecule has 0 unspecified atom stereocenters. The van der Waals surface area contributed by atoms with Crippen LogP contribution in [-0.4, -0.2) is 11.2 Å². The van der Waals surface area contributed by atoms with E-state index in [1.165, 1.54) is 44.9 Å². The van der Waals surface area contributed by atoms with Gasteiger partial charge in [-0.1, -0.05) is 27.7 Å². The Labute approximate surface area is 130 Å². The van der Waals surface area contributed by atoms with E-state index in [1.54, 1.807) is 0 Å². The lowest BCUT2D eigenvalue weighted by Crippen LogP contribution is -2.59. The summed E-state index contributed by atoms with van der Waals surface area (Å²) in [7, 11) is 0. The van der Waals surface area contributed by atoms with Crippen LogP contribution in [0.3, 0.4) is 0 Å². The van der Waals surface area contributed by atoms with Crippen LogP contribution in [0.5, 0.6) is 0 Å². The van der Waals surface area contributed by atoms with Crippen molar-refractivity contribution in [3.05, 3.63) is 0 Å². The van der Waals surface area contributed by atoms with Gasteiger partial charge in [0.25, 0.3) is 0 Å². The highest BCUT2D eigenvalue weighted by Gasteiger charge is 2.64. The molecular weight excluding hydrogens is 256 g/mol. The maximum absolute atomic E-state index is 10.6. The van der Waals surface area contributed by atoms with Gasteiger partial charge < -0.3 is 5.11 Å². The summed E-state index contributed by atoms with van der Waals surface area (Å²) in [6.45, 7) is 9.83. The van der Waals surface area contributed by atoms with Crippen LogP contribution in [0.1, 0.15) is 79.1 Å². The summed E-state index contributed by atoms with van der Waals surface area (Å²) < 4.78 is 0. The Balaban J connectivity index is 1.72. The Kier molecular flexibility index (Phi) is 2.96. The Bertz CT molecular complexity index is 437. The average Bonchev–Trinajstić information content (AvgIpc) is 2.65. The molecule has 4 fully saturated rings. The van der Waals surface area contributed by atoms with E-state index in [0.717, 1.165) is 30.1 Å². The maximum atomic E-state index is 10.6. The third-order valence-electron chi connectivity index (χ3n) is 9.00. The molecule has 1 heteroatoms. The zero-order valence-electron chi connectivity index (χ0n) is 14.5. The summed E-state index contributed by atoms with van der Waals surface area (Å²) in [5.74, 6) is 3.68. The van der Waals surface area contributed by atoms with E-state index in [2.05, 4.69) is 27.7 Å². The van der Waals surface area contributed by atoms with Crippen molar-refractivity contribution >= 4 is 0 Å². The summed E-state index contributed by atoms with van der Waals surface area (Å²) in [6.07, 6.45) is 11.1. The molecule has 0 saturated heterocycles. The first-order valence-corrected chi connectivity index (χ1v) is 9.48. The second kappa shape index (κ2) is 4.28. The standard InChI is InChI=1S/C20H34O/c1-13-11-20-10-7-15-18(2,3)17(21)8-9-19(15,4)16(20)6-5-14(13)12-20/h13-17,21H,5-12H2,1-4H3/t13-,14+,15+,16-,17+,19+,20+/m0/s1. The summed E-state index contributed by atoms with van der Waals surface area (Å²) in [4.78, 5) is 0. The minimum Gasteiger partial charge on any atom is -0.393 e. The van der Waals surface area contributed by atoms with Gasteiger partial charge in [0, 0.05) is 0 Å². The van der Waals surface area contributed by atoms with Gasteiger partial charge in [-0.3, -0.25) is 0 Å². The molecule has 0 radical (unpaired) electrons. The predicted molar refractivity (Wildman–Crippen MR) is 86.9 cm³/mol. The van der Waals surface area contributed by atoms with Crippen molar-refractivity contribution in [1.82, 2.24) is 0 Å². The van der Waals surface area contributed by atoms with Crippen LogP contribution in [0.15, 0.2) is 0 Å². The summed E-state index contributed by atoms with van der Waals surface area (Å²) in [5, 5.41) is 10.6. The molecule has 1 nitrogen and oxygen atoms in total. The molecule has 0 aromatic carbocycles. The lowest BCUT2D eigenvalue weighted by molar-refractivity contribution is -0.180. The van der Waals surface area contributed by atoms with Crippen molar-refractivity contribution in [2.45, 2.75) is 85.2 Å². The zero-order valence-corrected chi connectivity index (χ0v) is 14.5. The van der Waals surface area contributed by atoms with Gasteiger partial charge in [-0.15, -0.1) is 0 Å². The number of rotatable bonds is 0. The first kappa shape index (κ1) is 14.5. The number of hydrogen-bond donors (Lipinski definition) is 1. The van der Waals surface area contributed by atoms with Gasteiger partial charge >= 0.3 is 0 Å². The second-order valence-electron chi connectivity index (χ2n) is 10.1. The largest absolute Gasteiger partial charge is 0.393 e. The Morgan fingerprint density at radius 1 is 0.857 bits per heavy atom. The third-order valence-corrected chi connectivity index (χ3v) is 9.00. The Morgan fingerprint density at radius 2 is 1.62 bits per heavy atom. The smallest absolute Gasteiger partial charge is 0.0594 e. The quantitative estimate of drug-likeness (QED) is 0.663. The van der Waals surface area contributed by atoms with Gasteiger partial charge in [0.2, 0.25) is 0 Å². The number of aliphatic hydroxyl groups excluding tert-OH is 1. The Hall–Kier alpha value is -0.0400. The average molecular weight is 290 g/mol. The number of hydrogen-bond acceptors (Lipinski definition) is 1. The van der Waals surface area contributed by atoms with Crippen molar-refractivity contribution in [1.29, 1.82) is 0 Å². The highest BCUT2D eigenvalue weighted by Crippen LogP contribution is 2.72. The zero-order chi connectivity index (χ0) is 15.0.